The molecule has 3 heterocycles. The fraction of sp³-hybridized carbons (Fsp3) is 0.109. The van der Waals surface area contributed by atoms with E-state index in [-0.39, 0.29) is 11.8 Å². The van der Waals surface area contributed by atoms with Gasteiger partial charge in [0.25, 0.3) is 0 Å². The molecule has 0 N–H and O–H groups in total. The van der Waals surface area contributed by atoms with Gasteiger partial charge in [-0.3, -0.25) is 9.98 Å². The third-order valence-electron chi connectivity index (χ3n) is 9.45. The molecule has 6 aromatic rings. The van der Waals surface area contributed by atoms with E-state index in [2.05, 4.69) is 147 Å². The van der Waals surface area contributed by atoms with Gasteiger partial charge in [0.2, 0.25) is 0 Å². The van der Waals surface area contributed by atoms with Gasteiger partial charge in [0.05, 0.1) is 5.71 Å². The molecular formula is C46H37N5. The molecule has 246 valence electrons. The standard InChI is InChI=1S/C46H37N5/c1-32-40(43-25-11-13-27-48-43)22-15-23-41(32)46-50-44(36-21-14-20-35(28-36)42-24-10-2-3-12-26-47-42)49-45(51-46)39-30-37(33-16-6-4-7-17-33)29-38(31-39)34-18-8-5-9-19-34/h2-11,13-25,27-32,40H,12,26H2,1H3/b3-2+,24-10-,47-42+. The summed E-state index contributed by atoms with van der Waals surface area (Å²) in [6.45, 7) is 2.98. The SMILES string of the molecule is CC1C(c2nc(-c3cccc(C4=N/CC/C=C/C=C\4)c3)nc(-c3cc(-c4ccccc4)cc(-c4ccccc4)c3)n2)=CC=CC1c1ccccn1. The van der Waals surface area contributed by atoms with Crippen molar-refractivity contribution in [3.8, 4) is 45.0 Å². The first-order valence-corrected chi connectivity index (χ1v) is 17.5. The number of pyridine rings is 1. The Bertz CT molecular complexity index is 2260. The third-order valence-corrected chi connectivity index (χ3v) is 9.45. The number of aromatic nitrogens is 4. The molecule has 0 spiro atoms. The van der Waals surface area contributed by atoms with Crippen molar-refractivity contribution in [3.05, 3.63) is 187 Å². The Kier molecular flexibility index (Phi) is 9.17. The summed E-state index contributed by atoms with van der Waals surface area (Å²) in [5, 5.41) is 0. The molecule has 0 fully saturated rings. The van der Waals surface area contributed by atoms with Gasteiger partial charge in [0, 0.05) is 46.6 Å². The molecule has 2 aliphatic rings. The lowest BCUT2D eigenvalue weighted by molar-refractivity contribution is 0.632. The maximum atomic E-state index is 5.25. The quantitative estimate of drug-likeness (QED) is 0.171. The summed E-state index contributed by atoms with van der Waals surface area (Å²) < 4.78 is 0. The molecule has 1 aliphatic heterocycles. The third kappa shape index (κ3) is 7.06. The van der Waals surface area contributed by atoms with Crippen LogP contribution in [0.1, 0.15) is 36.3 Å². The van der Waals surface area contributed by atoms with Crippen molar-refractivity contribution in [3.63, 3.8) is 0 Å². The van der Waals surface area contributed by atoms with E-state index in [1.807, 2.05) is 30.5 Å². The summed E-state index contributed by atoms with van der Waals surface area (Å²) in [5.41, 5.74) is 10.4. The van der Waals surface area contributed by atoms with E-state index < -0.39 is 0 Å². The predicted molar refractivity (Wildman–Crippen MR) is 209 cm³/mol. The molecule has 0 saturated carbocycles. The maximum Gasteiger partial charge on any atom is 0.164 e. The van der Waals surface area contributed by atoms with Crippen molar-refractivity contribution < 1.29 is 0 Å². The van der Waals surface area contributed by atoms with Crippen molar-refractivity contribution in [2.75, 3.05) is 6.54 Å². The number of nitrogens with zero attached hydrogens (tertiary/aromatic N) is 5. The first kappa shape index (κ1) is 31.9. The van der Waals surface area contributed by atoms with Crippen molar-refractivity contribution in [2.24, 2.45) is 10.9 Å². The molecule has 0 bridgehead atoms. The highest BCUT2D eigenvalue weighted by Crippen LogP contribution is 2.39. The van der Waals surface area contributed by atoms with Gasteiger partial charge in [-0.2, -0.15) is 0 Å². The summed E-state index contributed by atoms with van der Waals surface area (Å²) in [7, 11) is 0. The minimum atomic E-state index is 0.0948. The van der Waals surface area contributed by atoms with Gasteiger partial charge < -0.3 is 0 Å². The Labute approximate surface area is 299 Å². The van der Waals surface area contributed by atoms with Crippen molar-refractivity contribution in [1.29, 1.82) is 0 Å². The Morgan fingerprint density at radius 2 is 1.18 bits per heavy atom. The molecule has 5 heteroatoms. The van der Waals surface area contributed by atoms with Gasteiger partial charge in [-0.1, -0.05) is 128 Å². The second-order valence-corrected chi connectivity index (χ2v) is 12.8. The summed E-state index contributed by atoms with van der Waals surface area (Å²) >= 11 is 0. The number of benzene rings is 4. The normalized spacial score (nSPS) is 19.2. The maximum absolute atomic E-state index is 5.25. The van der Waals surface area contributed by atoms with Gasteiger partial charge in [-0.05, 0) is 77.1 Å². The van der Waals surface area contributed by atoms with E-state index in [4.69, 9.17) is 24.9 Å². The predicted octanol–water partition coefficient (Wildman–Crippen LogP) is 10.6. The molecule has 5 nitrogen and oxygen atoms in total. The minimum Gasteiger partial charge on any atom is -0.284 e. The fourth-order valence-corrected chi connectivity index (χ4v) is 6.75. The highest BCUT2D eigenvalue weighted by Gasteiger charge is 2.27. The number of hydrogen-bond donors (Lipinski definition) is 0. The van der Waals surface area contributed by atoms with E-state index in [0.29, 0.717) is 17.5 Å². The summed E-state index contributed by atoms with van der Waals surface area (Å²) in [6, 6.07) is 42.1. The zero-order valence-corrected chi connectivity index (χ0v) is 28.5. The molecule has 0 amide bonds. The monoisotopic (exact) mass is 659 g/mol. The van der Waals surface area contributed by atoms with Crippen LogP contribution in [0, 0.1) is 5.92 Å². The molecule has 2 atom stereocenters. The van der Waals surface area contributed by atoms with Gasteiger partial charge >= 0.3 is 0 Å². The van der Waals surface area contributed by atoms with E-state index in [9.17, 15) is 0 Å². The van der Waals surface area contributed by atoms with Crippen LogP contribution in [-0.2, 0) is 0 Å². The molecule has 4 aromatic carbocycles. The van der Waals surface area contributed by atoms with Crippen LogP contribution in [0.4, 0.5) is 0 Å². The topological polar surface area (TPSA) is 63.9 Å². The molecule has 51 heavy (non-hydrogen) atoms. The Morgan fingerprint density at radius 1 is 0.549 bits per heavy atom. The summed E-state index contributed by atoms with van der Waals surface area (Å²) in [4.78, 5) is 25.2. The zero-order chi connectivity index (χ0) is 34.4. The molecule has 0 radical (unpaired) electrons. The van der Waals surface area contributed by atoms with Crippen LogP contribution in [0.3, 0.4) is 0 Å². The van der Waals surface area contributed by atoms with Crippen LogP contribution in [0.5, 0.6) is 0 Å². The number of rotatable bonds is 7. The Morgan fingerprint density at radius 3 is 1.90 bits per heavy atom. The van der Waals surface area contributed by atoms with Crippen LogP contribution in [-0.4, -0.2) is 32.2 Å². The van der Waals surface area contributed by atoms with Crippen molar-refractivity contribution in [2.45, 2.75) is 19.3 Å². The second kappa shape index (κ2) is 14.7. The fourth-order valence-electron chi connectivity index (χ4n) is 6.75. The van der Waals surface area contributed by atoms with Gasteiger partial charge in [-0.25, -0.2) is 15.0 Å². The van der Waals surface area contributed by atoms with Crippen LogP contribution in [0.25, 0.3) is 50.6 Å². The zero-order valence-electron chi connectivity index (χ0n) is 28.5. The lowest BCUT2D eigenvalue weighted by Crippen LogP contribution is -2.16. The highest BCUT2D eigenvalue weighted by atomic mass is 15.0. The van der Waals surface area contributed by atoms with E-state index in [1.54, 1.807) is 0 Å². The van der Waals surface area contributed by atoms with Gasteiger partial charge in [0.1, 0.15) is 0 Å². The summed E-state index contributed by atoms with van der Waals surface area (Å²) in [5.74, 6) is 2.11. The average Bonchev–Trinajstić information content (AvgIpc) is 3.18. The van der Waals surface area contributed by atoms with Crippen LogP contribution < -0.4 is 0 Å². The number of hydrogen-bond acceptors (Lipinski definition) is 5. The lowest BCUT2D eigenvalue weighted by Gasteiger charge is -2.25. The average molecular weight is 660 g/mol. The molecule has 1 aliphatic carbocycles. The van der Waals surface area contributed by atoms with Crippen LogP contribution in [0.2, 0.25) is 0 Å². The van der Waals surface area contributed by atoms with Crippen molar-refractivity contribution >= 4 is 11.3 Å². The van der Waals surface area contributed by atoms with Gasteiger partial charge in [0.15, 0.2) is 17.5 Å². The largest absolute Gasteiger partial charge is 0.284 e. The Balaban J connectivity index is 1.30. The number of aliphatic imine (C=N–C) groups is 1. The van der Waals surface area contributed by atoms with Crippen LogP contribution >= 0.6 is 0 Å². The van der Waals surface area contributed by atoms with Crippen LogP contribution in [0.15, 0.2) is 175 Å². The first-order valence-electron chi connectivity index (χ1n) is 17.5. The second-order valence-electron chi connectivity index (χ2n) is 12.8. The number of allylic oxidation sites excluding steroid dienone is 7. The smallest absolute Gasteiger partial charge is 0.164 e. The lowest BCUT2D eigenvalue weighted by atomic mass is 9.81. The molecule has 0 saturated heterocycles. The molecule has 8 rings (SSSR count). The van der Waals surface area contributed by atoms with E-state index in [1.165, 1.54) is 0 Å². The molecule has 2 unspecified atom stereocenters. The van der Waals surface area contributed by atoms with Crippen molar-refractivity contribution in [1.82, 2.24) is 19.9 Å². The van der Waals surface area contributed by atoms with Gasteiger partial charge in [-0.15, -0.1) is 0 Å². The Hall–Kier alpha value is -6.33. The summed E-state index contributed by atoms with van der Waals surface area (Å²) in [6.07, 6.45) is 17.6. The van der Waals surface area contributed by atoms with E-state index >= 15 is 0 Å². The minimum absolute atomic E-state index is 0.0948. The highest BCUT2D eigenvalue weighted by molar-refractivity contribution is 6.09. The van der Waals surface area contributed by atoms with E-state index in [0.717, 1.165) is 68.9 Å². The molecular weight excluding hydrogens is 623 g/mol. The first-order chi connectivity index (χ1) is 25.2. The molecule has 2 aromatic heterocycles.